The summed E-state index contributed by atoms with van der Waals surface area (Å²) < 4.78 is 0. The smallest absolute Gasteiger partial charge is 0.254 e. The maximum atomic E-state index is 13.7. The minimum Gasteiger partial charge on any atom is -0.372 e. The van der Waals surface area contributed by atoms with Crippen LogP contribution in [-0.4, -0.2) is 42.9 Å². The van der Waals surface area contributed by atoms with E-state index in [2.05, 4.69) is 55.3 Å². The molecule has 3 aromatic rings. The van der Waals surface area contributed by atoms with E-state index in [4.69, 9.17) is 0 Å². The lowest BCUT2D eigenvalue weighted by Crippen LogP contribution is -2.48. The van der Waals surface area contributed by atoms with E-state index in [1.54, 1.807) is 11.3 Å². The highest BCUT2D eigenvalue weighted by atomic mass is 32.1. The largest absolute Gasteiger partial charge is 0.372 e. The van der Waals surface area contributed by atoms with Crippen molar-refractivity contribution in [2.75, 3.05) is 31.1 Å². The number of hydrogen-bond donors (Lipinski definition) is 1. The fraction of sp³-hybridized carbons (Fsp3) is 0.379. The quantitative estimate of drug-likeness (QED) is 0.371. The molecular formula is C29H35N3O2S. The van der Waals surface area contributed by atoms with E-state index in [0.29, 0.717) is 24.6 Å². The Hall–Kier alpha value is -3.12. The Labute approximate surface area is 212 Å². The minimum absolute atomic E-state index is 0.0122. The fourth-order valence-corrected chi connectivity index (χ4v) is 5.82. The summed E-state index contributed by atoms with van der Waals surface area (Å²) in [6.45, 7) is 9.37. The Morgan fingerprint density at radius 3 is 2.49 bits per heavy atom. The van der Waals surface area contributed by atoms with Gasteiger partial charge in [0.1, 0.15) is 0 Å². The first-order valence-corrected chi connectivity index (χ1v) is 13.4. The molecule has 0 aliphatic carbocycles. The number of hydrogen-bond acceptors (Lipinski definition) is 4. The summed E-state index contributed by atoms with van der Waals surface area (Å²) in [5, 5.41) is 5.23. The summed E-state index contributed by atoms with van der Waals surface area (Å²) >= 11 is 1.61. The third kappa shape index (κ3) is 5.59. The second-order valence-electron chi connectivity index (χ2n) is 9.44. The van der Waals surface area contributed by atoms with Crippen LogP contribution in [0, 0.1) is 5.92 Å². The number of nitrogens with zero attached hydrogens (tertiary/aromatic N) is 2. The Balaban J connectivity index is 1.54. The summed E-state index contributed by atoms with van der Waals surface area (Å²) in [5.74, 6) is -0.135. The maximum Gasteiger partial charge on any atom is 0.254 e. The molecule has 2 heterocycles. The number of nitrogens with one attached hydrogen (secondary N) is 1. The standard InChI is InChI=1S/C29H35N3O2S/c1-4-31(22-12-6-5-7-13-22)18-11-17-30-28(33)26-23-14-8-9-15-24(23)29(34)32(20-21(2)3)27(26)25-16-10-19-35-25/h5-10,12-16,19,21,26-27H,4,11,17-18,20H2,1-3H3,(H,30,33)/t26-,27-/m1/s1. The molecule has 0 unspecified atom stereocenters. The van der Waals surface area contributed by atoms with Crippen LogP contribution in [0.15, 0.2) is 72.1 Å². The van der Waals surface area contributed by atoms with Crippen molar-refractivity contribution in [3.05, 3.63) is 88.1 Å². The molecule has 1 aliphatic heterocycles. The highest BCUT2D eigenvalue weighted by molar-refractivity contribution is 7.10. The molecule has 1 aliphatic rings. The van der Waals surface area contributed by atoms with E-state index in [1.807, 2.05) is 52.7 Å². The summed E-state index contributed by atoms with van der Waals surface area (Å²) in [5.41, 5.74) is 2.67. The highest BCUT2D eigenvalue weighted by Gasteiger charge is 2.44. The van der Waals surface area contributed by atoms with Gasteiger partial charge < -0.3 is 15.1 Å². The van der Waals surface area contributed by atoms with Crippen LogP contribution in [0.1, 0.15) is 60.0 Å². The Morgan fingerprint density at radius 1 is 1.06 bits per heavy atom. The van der Waals surface area contributed by atoms with Crippen molar-refractivity contribution in [3.8, 4) is 0 Å². The van der Waals surface area contributed by atoms with Gasteiger partial charge in [0.2, 0.25) is 5.91 Å². The van der Waals surface area contributed by atoms with Gasteiger partial charge in [-0.15, -0.1) is 11.3 Å². The van der Waals surface area contributed by atoms with Crippen molar-refractivity contribution < 1.29 is 9.59 Å². The molecule has 184 valence electrons. The number of carbonyl (C=O) groups is 2. The molecule has 0 fully saturated rings. The van der Waals surface area contributed by atoms with E-state index in [0.717, 1.165) is 30.0 Å². The van der Waals surface area contributed by atoms with Gasteiger partial charge in [0, 0.05) is 42.3 Å². The van der Waals surface area contributed by atoms with Crippen molar-refractivity contribution in [3.63, 3.8) is 0 Å². The number of benzene rings is 2. The minimum atomic E-state index is -0.433. The van der Waals surface area contributed by atoms with E-state index >= 15 is 0 Å². The lowest BCUT2D eigenvalue weighted by molar-refractivity contribution is -0.124. The predicted octanol–water partition coefficient (Wildman–Crippen LogP) is 5.72. The molecule has 35 heavy (non-hydrogen) atoms. The van der Waals surface area contributed by atoms with Gasteiger partial charge in [-0.3, -0.25) is 9.59 Å². The molecule has 0 bridgehead atoms. The third-order valence-electron chi connectivity index (χ3n) is 6.52. The molecule has 5 nitrogen and oxygen atoms in total. The first kappa shape index (κ1) is 25.0. The van der Waals surface area contributed by atoms with Crippen LogP contribution in [0.2, 0.25) is 0 Å². The van der Waals surface area contributed by atoms with E-state index in [9.17, 15) is 9.59 Å². The SMILES string of the molecule is CCN(CCCNC(=O)[C@@H]1c2ccccc2C(=O)N(CC(C)C)[C@@H]1c1cccs1)c1ccccc1. The average Bonchev–Trinajstić information content (AvgIpc) is 3.40. The molecule has 4 rings (SSSR count). The number of thiophene rings is 1. The first-order valence-electron chi connectivity index (χ1n) is 12.5. The molecular weight excluding hydrogens is 454 g/mol. The molecule has 0 saturated heterocycles. The Kier molecular flexibility index (Phi) is 8.24. The van der Waals surface area contributed by atoms with Crippen LogP contribution in [-0.2, 0) is 4.79 Å². The number of fused-ring (bicyclic) bond motifs is 1. The summed E-state index contributed by atoms with van der Waals surface area (Å²) in [4.78, 5) is 32.5. The van der Waals surface area contributed by atoms with Gasteiger partial charge in [0.05, 0.1) is 12.0 Å². The fourth-order valence-electron chi connectivity index (χ4n) is 4.95. The normalized spacial score (nSPS) is 17.4. The zero-order valence-corrected chi connectivity index (χ0v) is 21.6. The molecule has 0 radical (unpaired) electrons. The van der Waals surface area contributed by atoms with E-state index < -0.39 is 5.92 Å². The van der Waals surface area contributed by atoms with Crippen LogP contribution < -0.4 is 10.2 Å². The second-order valence-corrected chi connectivity index (χ2v) is 10.4. The second kappa shape index (κ2) is 11.5. The Morgan fingerprint density at radius 2 is 1.80 bits per heavy atom. The first-order chi connectivity index (χ1) is 17.0. The average molecular weight is 490 g/mol. The van der Waals surface area contributed by atoms with Crippen LogP contribution >= 0.6 is 11.3 Å². The lowest BCUT2D eigenvalue weighted by Gasteiger charge is -2.42. The van der Waals surface area contributed by atoms with Crippen molar-refractivity contribution in [2.45, 2.75) is 39.2 Å². The van der Waals surface area contributed by atoms with Gasteiger partial charge in [0.15, 0.2) is 0 Å². The van der Waals surface area contributed by atoms with Gasteiger partial charge in [-0.25, -0.2) is 0 Å². The van der Waals surface area contributed by atoms with Gasteiger partial charge in [-0.2, -0.15) is 0 Å². The van der Waals surface area contributed by atoms with Gasteiger partial charge in [-0.05, 0) is 54.5 Å². The number of carbonyl (C=O) groups excluding carboxylic acids is 2. The topological polar surface area (TPSA) is 52.7 Å². The molecule has 2 atom stereocenters. The molecule has 2 amide bonds. The van der Waals surface area contributed by atoms with Crippen molar-refractivity contribution in [2.24, 2.45) is 5.92 Å². The van der Waals surface area contributed by atoms with Crippen molar-refractivity contribution in [1.82, 2.24) is 10.2 Å². The molecule has 0 spiro atoms. The lowest BCUT2D eigenvalue weighted by atomic mass is 9.81. The third-order valence-corrected chi connectivity index (χ3v) is 7.47. The van der Waals surface area contributed by atoms with Crippen molar-refractivity contribution in [1.29, 1.82) is 0 Å². The zero-order valence-electron chi connectivity index (χ0n) is 20.8. The van der Waals surface area contributed by atoms with Crippen LogP contribution in [0.25, 0.3) is 0 Å². The van der Waals surface area contributed by atoms with Gasteiger partial charge >= 0.3 is 0 Å². The molecule has 1 N–H and O–H groups in total. The molecule has 1 aromatic heterocycles. The van der Waals surface area contributed by atoms with Gasteiger partial charge in [-0.1, -0.05) is 56.3 Å². The van der Waals surface area contributed by atoms with Gasteiger partial charge in [0.25, 0.3) is 5.91 Å². The number of rotatable bonds is 10. The van der Waals surface area contributed by atoms with E-state index in [1.165, 1.54) is 5.69 Å². The van der Waals surface area contributed by atoms with E-state index in [-0.39, 0.29) is 17.9 Å². The zero-order chi connectivity index (χ0) is 24.8. The summed E-state index contributed by atoms with van der Waals surface area (Å²) in [6.07, 6.45) is 0.848. The predicted molar refractivity (Wildman–Crippen MR) is 144 cm³/mol. The monoisotopic (exact) mass is 489 g/mol. The van der Waals surface area contributed by atoms with Crippen molar-refractivity contribution >= 4 is 28.8 Å². The maximum absolute atomic E-state index is 13.7. The molecule has 2 aromatic carbocycles. The van der Waals surface area contributed by atoms with Crippen LogP contribution in [0.4, 0.5) is 5.69 Å². The highest BCUT2D eigenvalue weighted by Crippen LogP contribution is 2.44. The molecule has 6 heteroatoms. The van der Waals surface area contributed by atoms with Crippen LogP contribution in [0.3, 0.4) is 0 Å². The summed E-state index contributed by atoms with van der Waals surface area (Å²) in [6, 6.07) is 21.7. The number of para-hydroxylation sites is 1. The summed E-state index contributed by atoms with van der Waals surface area (Å²) in [7, 11) is 0. The number of amides is 2. The van der Waals surface area contributed by atoms with Crippen LogP contribution in [0.5, 0.6) is 0 Å². The number of anilines is 1. The molecule has 0 saturated carbocycles. The Bertz CT molecular complexity index is 1110.